The van der Waals surface area contributed by atoms with Gasteiger partial charge in [-0.2, -0.15) is 0 Å². The number of hydrogen-bond acceptors (Lipinski definition) is 3. The lowest BCUT2D eigenvalue weighted by Gasteiger charge is -2.42. The zero-order chi connectivity index (χ0) is 14.0. The summed E-state index contributed by atoms with van der Waals surface area (Å²) in [6.45, 7) is 10.5. The second-order valence-electron chi connectivity index (χ2n) is 6.42. The molecule has 0 aromatic rings. The molecule has 1 heterocycles. The molecule has 5 nitrogen and oxygen atoms in total. The number of amides is 1. The summed E-state index contributed by atoms with van der Waals surface area (Å²) in [4.78, 5) is 22.9. The Hall–Kier alpha value is -1.10. The van der Waals surface area contributed by atoms with Gasteiger partial charge in [0, 0.05) is 18.9 Å². The largest absolute Gasteiger partial charge is 0.459 e. The van der Waals surface area contributed by atoms with Crippen molar-refractivity contribution in [1.82, 2.24) is 5.32 Å². The summed E-state index contributed by atoms with van der Waals surface area (Å²) >= 11 is 0. The summed E-state index contributed by atoms with van der Waals surface area (Å²) in [6, 6.07) is 0.0249. The summed E-state index contributed by atoms with van der Waals surface area (Å²) in [5.74, 6) is -1.42. The van der Waals surface area contributed by atoms with E-state index in [0.29, 0.717) is 0 Å². The molecule has 0 spiro atoms. The molecule has 0 saturated carbocycles. The Labute approximate surface area is 109 Å². The molecule has 0 aromatic heterocycles. The molecule has 0 bridgehead atoms. The predicted octanol–water partition coefficient (Wildman–Crippen LogP) is -0.0513. The Morgan fingerprint density at radius 3 is 2.17 bits per heavy atom. The predicted molar refractivity (Wildman–Crippen MR) is 67.9 cm³/mol. The van der Waals surface area contributed by atoms with Crippen LogP contribution in [0.5, 0.6) is 0 Å². The molecule has 1 aliphatic rings. The molecule has 0 aromatic carbocycles. The Bertz CT molecular complexity index is 321. The van der Waals surface area contributed by atoms with E-state index in [2.05, 4.69) is 38.3 Å². The standard InChI is InChI=1S/C13H24N2O3/c1-6-18-11(17)10(16)14-9-7-12(2,3)15-13(4,5)8-9/h9,15H,6-8H2,1-5H3,(H,14,16)/p+1. The second-order valence-corrected chi connectivity index (χ2v) is 6.42. The maximum Gasteiger partial charge on any atom is 0.396 e. The monoisotopic (exact) mass is 257 g/mol. The first-order valence-electron chi connectivity index (χ1n) is 6.50. The molecular formula is C13H25N2O3+. The highest BCUT2D eigenvalue weighted by Crippen LogP contribution is 2.21. The Balaban J connectivity index is 2.62. The third-order valence-electron chi connectivity index (χ3n) is 3.12. The van der Waals surface area contributed by atoms with Gasteiger partial charge in [0.25, 0.3) is 0 Å². The number of nitrogens with one attached hydrogen (secondary N) is 1. The molecule has 0 aliphatic carbocycles. The van der Waals surface area contributed by atoms with E-state index in [-0.39, 0.29) is 23.7 Å². The molecule has 0 radical (unpaired) electrons. The average molecular weight is 257 g/mol. The first-order chi connectivity index (χ1) is 8.15. The first-order valence-corrected chi connectivity index (χ1v) is 6.50. The summed E-state index contributed by atoms with van der Waals surface area (Å²) in [7, 11) is 0. The Morgan fingerprint density at radius 1 is 1.22 bits per heavy atom. The maximum absolute atomic E-state index is 11.6. The van der Waals surface area contributed by atoms with E-state index in [1.165, 1.54) is 0 Å². The Kier molecular flexibility index (Phi) is 4.37. The zero-order valence-electron chi connectivity index (χ0n) is 12.0. The van der Waals surface area contributed by atoms with Gasteiger partial charge < -0.3 is 15.4 Å². The van der Waals surface area contributed by atoms with Crippen LogP contribution in [0.1, 0.15) is 47.5 Å². The topological polar surface area (TPSA) is 72.0 Å². The number of piperidine rings is 1. The van der Waals surface area contributed by atoms with E-state index in [0.717, 1.165) is 12.8 Å². The number of carbonyl (C=O) groups is 2. The van der Waals surface area contributed by atoms with Gasteiger partial charge in [-0.25, -0.2) is 4.79 Å². The number of hydrogen-bond donors (Lipinski definition) is 2. The molecule has 1 aliphatic heterocycles. The average Bonchev–Trinajstić information content (AvgIpc) is 2.12. The van der Waals surface area contributed by atoms with E-state index >= 15 is 0 Å². The molecule has 1 fully saturated rings. The molecule has 1 rings (SSSR count). The van der Waals surface area contributed by atoms with Crippen LogP contribution in [0.15, 0.2) is 0 Å². The molecular weight excluding hydrogens is 232 g/mol. The highest BCUT2D eigenvalue weighted by Gasteiger charge is 2.42. The van der Waals surface area contributed by atoms with Crippen molar-refractivity contribution in [3.05, 3.63) is 0 Å². The van der Waals surface area contributed by atoms with Crippen LogP contribution in [0.4, 0.5) is 0 Å². The molecule has 3 N–H and O–H groups in total. The highest BCUT2D eigenvalue weighted by molar-refractivity contribution is 6.32. The summed E-state index contributed by atoms with van der Waals surface area (Å²) in [5, 5.41) is 5.11. The van der Waals surface area contributed by atoms with E-state index < -0.39 is 11.9 Å². The molecule has 0 unspecified atom stereocenters. The number of rotatable bonds is 2. The van der Waals surface area contributed by atoms with Gasteiger partial charge in [-0.1, -0.05) is 0 Å². The van der Waals surface area contributed by atoms with Crippen LogP contribution in [-0.4, -0.2) is 35.6 Å². The summed E-state index contributed by atoms with van der Waals surface area (Å²) in [5.41, 5.74) is 0.128. The molecule has 104 valence electrons. The number of nitrogens with two attached hydrogens (primary N) is 1. The van der Waals surface area contributed by atoms with Crippen molar-refractivity contribution >= 4 is 11.9 Å². The fourth-order valence-corrected chi connectivity index (χ4v) is 3.06. The van der Waals surface area contributed by atoms with Gasteiger partial charge in [-0.3, -0.25) is 4.79 Å². The van der Waals surface area contributed by atoms with Gasteiger partial charge >= 0.3 is 11.9 Å². The SMILES string of the molecule is CCOC(=O)C(=O)NC1CC(C)(C)[NH2+]C(C)(C)C1. The fraction of sp³-hybridized carbons (Fsp3) is 0.846. The van der Waals surface area contributed by atoms with Crippen molar-refractivity contribution in [2.75, 3.05) is 6.61 Å². The smallest absolute Gasteiger partial charge is 0.396 e. The first kappa shape index (κ1) is 15.0. The minimum absolute atomic E-state index is 0.0249. The van der Waals surface area contributed by atoms with Gasteiger partial charge in [0.1, 0.15) is 0 Å². The zero-order valence-corrected chi connectivity index (χ0v) is 12.0. The van der Waals surface area contributed by atoms with Gasteiger partial charge in [0.05, 0.1) is 17.7 Å². The van der Waals surface area contributed by atoms with Gasteiger partial charge in [0.2, 0.25) is 0 Å². The lowest BCUT2D eigenvalue weighted by atomic mass is 9.79. The quantitative estimate of drug-likeness (QED) is 0.538. The Morgan fingerprint density at radius 2 is 1.72 bits per heavy atom. The minimum Gasteiger partial charge on any atom is -0.459 e. The number of ether oxygens (including phenoxy) is 1. The van der Waals surface area contributed by atoms with Crippen molar-refractivity contribution in [2.45, 2.75) is 64.6 Å². The maximum atomic E-state index is 11.6. The van der Waals surface area contributed by atoms with Gasteiger partial charge in [-0.05, 0) is 34.6 Å². The van der Waals surface area contributed by atoms with Crippen molar-refractivity contribution < 1.29 is 19.6 Å². The van der Waals surface area contributed by atoms with E-state index in [1.807, 2.05) is 0 Å². The molecule has 1 saturated heterocycles. The van der Waals surface area contributed by atoms with E-state index in [9.17, 15) is 9.59 Å². The lowest BCUT2D eigenvalue weighted by Crippen LogP contribution is -3.06. The summed E-state index contributed by atoms with van der Waals surface area (Å²) < 4.78 is 4.69. The van der Waals surface area contributed by atoms with Crippen molar-refractivity contribution in [1.29, 1.82) is 0 Å². The van der Waals surface area contributed by atoms with Crippen LogP contribution < -0.4 is 10.6 Å². The van der Waals surface area contributed by atoms with Crippen LogP contribution in [0.2, 0.25) is 0 Å². The molecule has 18 heavy (non-hydrogen) atoms. The number of quaternary nitrogens is 1. The van der Waals surface area contributed by atoms with Crippen LogP contribution in [-0.2, 0) is 14.3 Å². The third-order valence-corrected chi connectivity index (χ3v) is 3.12. The van der Waals surface area contributed by atoms with Crippen LogP contribution in [0, 0.1) is 0 Å². The molecule has 5 heteroatoms. The van der Waals surface area contributed by atoms with E-state index in [1.54, 1.807) is 6.92 Å². The van der Waals surface area contributed by atoms with Crippen molar-refractivity contribution in [3.63, 3.8) is 0 Å². The van der Waals surface area contributed by atoms with Crippen molar-refractivity contribution in [3.8, 4) is 0 Å². The van der Waals surface area contributed by atoms with Gasteiger partial charge in [-0.15, -0.1) is 0 Å². The minimum atomic E-state index is -0.789. The van der Waals surface area contributed by atoms with Crippen molar-refractivity contribution in [2.24, 2.45) is 0 Å². The lowest BCUT2D eigenvalue weighted by molar-refractivity contribution is -0.787. The van der Waals surface area contributed by atoms with Gasteiger partial charge in [0.15, 0.2) is 0 Å². The number of carbonyl (C=O) groups excluding carboxylic acids is 2. The fourth-order valence-electron chi connectivity index (χ4n) is 3.06. The van der Waals surface area contributed by atoms with Crippen LogP contribution in [0.25, 0.3) is 0 Å². The van der Waals surface area contributed by atoms with E-state index in [4.69, 9.17) is 4.74 Å². The van der Waals surface area contributed by atoms with Crippen LogP contribution in [0.3, 0.4) is 0 Å². The third kappa shape index (κ3) is 4.29. The van der Waals surface area contributed by atoms with Crippen LogP contribution >= 0.6 is 0 Å². The molecule has 0 atom stereocenters. The molecule has 1 amide bonds. The highest BCUT2D eigenvalue weighted by atomic mass is 16.5. The second kappa shape index (κ2) is 5.26. The summed E-state index contributed by atoms with van der Waals surface area (Å²) in [6.07, 6.45) is 1.70. The normalized spacial score (nSPS) is 22.3. The number of esters is 1.